The maximum absolute atomic E-state index is 5.81. The maximum atomic E-state index is 5.81. The van der Waals surface area contributed by atoms with Crippen LogP contribution < -0.4 is 5.32 Å². The molecule has 2 aliphatic heterocycles. The van der Waals surface area contributed by atoms with Gasteiger partial charge in [-0.15, -0.1) is 0 Å². The minimum Gasteiger partial charge on any atom is -0.380 e. The van der Waals surface area contributed by atoms with E-state index in [0.717, 1.165) is 38.8 Å². The SMILES string of the molecule is C1CC(C2(CC3CNCCO3)COC2)C1. The summed E-state index contributed by atoms with van der Waals surface area (Å²) in [6.45, 7) is 4.90. The monoisotopic (exact) mass is 211 g/mol. The summed E-state index contributed by atoms with van der Waals surface area (Å²) in [7, 11) is 0. The minimum absolute atomic E-state index is 0.434. The molecule has 0 aromatic heterocycles. The molecule has 2 heterocycles. The first-order chi connectivity index (χ1) is 7.39. The van der Waals surface area contributed by atoms with Crippen LogP contribution in [0.4, 0.5) is 0 Å². The molecule has 1 aliphatic carbocycles. The zero-order valence-corrected chi connectivity index (χ0v) is 9.34. The van der Waals surface area contributed by atoms with Crippen LogP contribution in [0.1, 0.15) is 25.7 Å². The van der Waals surface area contributed by atoms with E-state index in [1.54, 1.807) is 0 Å². The molecule has 3 fully saturated rings. The van der Waals surface area contributed by atoms with Gasteiger partial charge in [0.2, 0.25) is 0 Å². The van der Waals surface area contributed by atoms with Crippen LogP contribution >= 0.6 is 0 Å². The standard InChI is InChI=1S/C12H21NO2/c1-2-10(3-1)12(8-14-9-12)6-11-7-13-4-5-15-11/h10-11,13H,1-9H2. The van der Waals surface area contributed by atoms with E-state index in [2.05, 4.69) is 5.32 Å². The van der Waals surface area contributed by atoms with E-state index in [1.807, 2.05) is 0 Å². The Morgan fingerprint density at radius 2 is 2.13 bits per heavy atom. The lowest BCUT2D eigenvalue weighted by atomic mass is 9.61. The van der Waals surface area contributed by atoms with Gasteiger partial charge in [-0.1, -0.05) is 6.42 Å². The van der Waals surface area contributed by atoms with Gasteiger partial charge in [-0.05, 0) is 25.2 Å². The van der Waals surface area contributed by atoms with Crippen molar-refractivity contribution in [3.05, 3.63) is 0 Å². The molecule has 86 valence electrons. The molecule has 1 saturated carbocycles. The summed E-state index contributed by atoms with van der Waals surface area (Å²) in [5.41, 5.74) is 0.488. The van der Waals surface area contributed by atoms with E-state index < -0.39 is 0 Å². The highest BCUT2D eigenvalue weighted by molar-refractivity contribution is 4.97. The van der Waals surface area contributed by atoms with Gasteiger partial charge in [-0.25, -0.2) is 0 Å². The Labute approximate surface area is 91.5 Å². The third-order valence-electron chi connectivity index (χ3n) is 4.39. The van der Waals surface area contributed by atoms with Crippen molar-refractivity contribution in [3.8, 4) is 0 Å². The van der Waals surface area contributed by atoms with Crippen molar-refractivity contribution >= 4 is 0 Å². The minimum atomic E-state index is 0.434. The van der Waals surface area contributed by atoms with Crippen LogP contribution in [0.2, 0.25) is 0 Å². The van der Waals surface area contributed by atoms with E-state index >= 15 is 0 Å². The van der Waals surface area contributed by atoms with Crippen LogP contribution in [0.25, 0.3) is 0 Å². The fourth-order valence-corrected chi connectivity index (χ4v) is 3.11. The lowest BCUT2D eigenvalue weighted by Crippen LogP contribution is -2.54. The van der Waals surface area contributed by atoms with Gasteiger partial charge in [0.15, 0.2) is 0 Å². The second-order valence-corrected chi connectivity index (χ2v) is 5.38. The summed E-state index contributed by atoms with van der Waals surface area (Å²) in [5.74, 6) is 0.928. The molecular formula is C12H21NO2. The summed E-state index contributed by atoms with van der Waals surface area (Å²) in [6.07, 6.45) is 5.91. The van der Waals surface area contributed by atoms with Crippen LogP contribution in [0, 0.1) is 11.3 Å². The molecule has 3 nitrogen and oxygen atoms in total. The molecule has 1 atom stereocenters. The fraction of sp³-hybridized carbons (Fsp3) is 1.00. The highest BCUT2D eigenvalue weighted by Gasteiger charge is 2.48. The van der Waals surface area contributed by atoms with Gasteiger partial charge in [0.25, 0.3) is 0 Å². The Morgan fingerprint density at radius 3 is 2.60 bits per heavy atom. The van der Waals surface area contributed by atoms with Gasteiger partial charge < -0.3 is 14.8 Å². The Hall–Kier alpha value is -0.120. The molecule has 0 bridgehead atoms. The number of nitrogens with one attached hydrogen (secondary N) is 1. The number of rotatable bonds is 3. The van der Waals surface area contributed by atoms with E-state index in [1.165, 1.54) is 25.7 Å². The number of morpholine rings is 1. The van der Waals surface area contributed by atoms with E-state index in [0.29, 0.717) is 11.5 Å². The topological polar surface area (TPSA) is 30.5 Å². The summed E-state index contributed by atoms with van der Waals surface area (Å²) in [4.78, 5) is 0. The van der Waals surface area contributed by atoms with Crippen LogP contribution in [0.15, 0.2) is 0 Å². The Balaban J connectivity index is 1.58. The van der Waals surface area contributed by atoms with Crippen molar-refractivity contribution in [2.45, 2.75) is 31.8 Å². The fourth-order valence-electron chi connectivity index (χ4n) is 3.11. The maximum Gasteiger partial charge on any atom is 0.0707 e. The summed E-state index contributed by atoms with van der Waals surface area (Å²) < 4.78 is 11.3. The normalized spacial score (nSPS) is 35.6. The predicted octanol–water partition coefficient (Wildman–Crippen LogP) is 1.18. The van der Waals surface area contributed by atoms with Crippen molar-refractivity contribution in [2.75, 3.05) is 32.9 Å². The zero-order valence-electron chi connectivity index (χ0n) is 9.34. The van der Waals surface area contributed by atoms with Crippen molar-refractivity contribution in [1.82, 2.24) is 5.32 Å². The molecule has 0 aromatic carbocycles. The first kappa shape index (κ1) is 10.1. The molecular weight excluding hydrogens is 190 g/mol. The third-order valence-corrected chi connectivity index (χ3v) is 4.39. The van der Waals surface area contributed by atoms with Crippen LogP contribution in [-0.4, -0.2) is 39.0 Å². The van der Waals surface area contributed by atoms with Crippen molar-refractivity contribution in [1.29, 1.82) is 0 Å². The van der Waals surface area contributed by atoms with Crippen molar-refractivity contribution in [3.63, 3.8) is 0 Å². The molecule has 1 unspecified atom stereocenters. The summed E-state index contributed by atoms with van der Waals surface area (Å²) >= 11 is 0. The largest absolute Gasteiger partial charge is 0.380 e. The third kappa shape index (κ3) is 1.81. The number of hydrogen-bond donors (Lipinski definition) is 1. The first-order valence-electron chi connectivity index (χ1n) is 6.29. The van der Waals surface area contributed by atoms with E-state index in [9.17, 15) is 0 Å². The summed E-state index contributed by atoms with van der Waals surface area (Å²) in [5, 5.41) is 3.41. The Bertz CT molecular complexity index is 218. The second kappa shape index (κ2) is 4.04. The average molecular weight is 211 g/mol. The molecule has 1 N–H and O–H groups in total. The smallest absolute Gasteiger partial charge is 0.0707 e. The number of ether oxygens (including phenoxy) is 2. The molecule has 2 saturated heterocycles. The molecule has 3 aliphatic rings. The van der Waals surface area contributed by atoms with Gasteiger partial charge in [0, 0.05) is 18.5 Å². The summed E-state index contributed by atoms with van der Waals surface area (Å²) in [6, 6.07) is 0. The van der Waals surface area contributed by atoms with Gasteiger partial charge >= 0.3 is 0 Å². The van der Waals surface area contributed by atoms with Crippen LogP contribution in [0.3, 0.4) is 0 Å². The molecule has 3 rings (SSSR count). The lowest BCUT2D eigenvalue weighted by Gasteiger charge is -2.52. The van der Waals surface area contributed by atoms with Crippen LogP contribution in [-0.2, 0) is 9.47 Å². The average Bonchev–Trinajstić information content (AvgIpc) is 2.13. The Morgan fingerprint density at radius 1 is 1.27 bits per heavy atom. The predicted molar refractivity (Wildman–Crippen MR) is 57.8 cm³/mol. The quantitative estimate of drug-likeness (QED) is 0.760. The van der Waals surface area contributed by atoms with Gasteiger partial charge in [0.05, 0.1) is 25.9 Å². The lowest BCUT2D eigenvalue weighted by molar-refractivity contribution is -0.184. The van der Waals surface area contributed by atoms with Crippen LogP contribution in [0.5, 0.6) is 0 Å². The molecule has 0 radical (unpaired) electrons. The molecule has 0 amide bonds. The highest BCUT2D eigenvalue weighted by Crippen LogP contribution is 2.49. The van der Waals surface area contributed by atoms with E-state index in [4.69, 9.17) is 9.47 Å². The van der Waals surface area contributed by atoms with Crippen molar-refractivity contribution < 1.29 is 9.47 Å². The zero-order chi connectivity index (χ0) is 10.1. The second-order valence-electron chi connectivity index (χ2n) is 5.38. The van der Waals surface area contributed by atoms with Gasteiger partial charge in [-0.2, -0.15) is 0 Å². The van der Waals surface area contributed by atoms with E-state index in [-0.39, 0.29) is 0 Å². The molecule has 3 heteroatoms. The molecule has 0 spiro atoms. The highest BCUT2D eigenvalue weighted by atomic mass is 16.5. The van der Waals surface area contributed by atoms with Crippen molar-refractivity contribution in [2.24, 2.45) is 11.3 Å². The van der Waals surface area contributed by atoms with Gasteiger partial charge in [0.1, 0.15) is 0 Å². The number of hydrogen-bond acceptors (Lipinski definition) is 3. The Kier molecular flexibility index (Phi) is 2.71. The molecule has 15 heavy (non-hydrogen) atoms. The molecule has 0 aromatic rings. The first-order valence-corrected chi connectivity index (χ1v) is 6.29. The van der Waals surface area contributed by atoms with Gasteiger partial charge in [-0.3, -0.25) is 0 Å².